The van der Waals surface area contributed by atoms with Crippen molar-refractivity contribution in [2.75, 3.05) is 0 Å². The molecule has 0 N–H and O–H groups in total. The molecule has 0 atom stereocenters. The largest absolute Gasteiger partial charge is 0.103 e. The van der Waals surface area contributed by atoms with Crippen LogP contribution in [0.5, 0.6) is 0 Å². The molecule has 0 aromatic carbocycles. The van der Waals surface area contributed by atoms with E-state index in [1.54, 1.807) is 0 Å². The Bertz CT molecular complexity index is 107. The molecular weight excluding hydrogens is 96.1 g/mol. The van der Waals surface area contributed by atoms with Crippen LogP contribution in [0.4, 0.5) is 0 Å². The Labute approximate surface area is 51.2 Å². The van der Waals surface area contributed by atoms with E-state index in [1.165, 1.54) is 0 Å². The SMILES string of the molecule is C=CCC(=C)/C=C\C. The average molecular weight is 108 g/mol. The lowest BCUT2D eigenvalue weighted by Gasteiger charge is -1.87. The fraction of sp³-hybridized carbons (Fsp3) is 0.250. The third kappa shape index (κ3) is 3.41. The van der Waals surface area contributed by atoms with Crippen molar-refractivity contribution in [2.24, 2.45) is 0 Å². The minimum absolute atomic E-state index is 0.893. The zero-order valence-electron chi connectivity index (χ0n) is 5.35. The summed E-state index contributed by atoms with van der Waals surface area (Å²) in [7, 11) is 0. The van der Waals surface area contributed by atoms with Crippen LogP contribution in [-0.4, -0.2) is 0 Å². The molecule has 44 valence electrons. The molecule has 0 heteroatoms. The molecule has 0 aliphatic carbocycles. The van der Waals surface area contributed by atoms with E-state index in [0.717, 1.165) is 12.0 Å². The van der Waals surface area contributed by atoms with Gasteiger partial charge in [-0.05, 0) is 13.3 Å². The van der Waals surface area contributed by atoms with E-state index in [0.29, 0.717) is 0 Å². The van der Waals surface area contributed by atoms with Crippen molar-refractivity contribution in [3.63, 3.8) is 0 Å². The van der Waals surface area contributed by atoms with Crippen molar-refractivity contribution in [1.82, 2.24) is 0 Å². The van der Waals surface area contributed by atoms with Gasteiger partial charge in [0, 0.05) is 0 Å². The van der Waals surface area contributed by atoms with Crippen molar-refractivity contribution >= 4 is 0 Å². The second kappa shape index (κ2) is 4.38. The molecule has 0 aromatic heterocycles. The zero-order valence-corrected chi connectivity index (χ0v) is 5.35. The Morgan fingerprint density at radius 1 is 1.62 bits per heavy atom. The highest BCUT2D eigenvalue weighted by Crippen LogP contribution is 1.98. The van der Waals surface area contributed by atoms with Gasteiger partial charge in [-0.25, -0.2) is 0 Å². The highest BCUT2D eigenvalue weighted by atomic mass is 13.8. The first-order chi connectivity index (χ1) is 3.81. The highest BCUT2D eigenvalue weighted by Gasteiger charge is 1.77. The summed E-state index contributed by atoms with van der Waals surface area (Å²) in [5, 5.41) is 0. The standard InChI is InChI=1S/C8H12/c1-4-6-8(3)7-5-2/h4-5,7H,1,3,6H2,2H3/b7-5-. The van der Waals surface area contributed by atoms with Crippen LogP contribution in [0.25, 0.3) is 0 Å². The Kier molecular flexibility index (Phi) is 3.95. The van der Waals surface area contributed by atoms with Gasteiger partial charge in [-0.1, -0.05) is 30.4 Å². The molecule has 0 rings (SSSR count). The van der Waals surface area contributed by atoms with Gasteiger partial charge in [-0.2, -0.15) is 0 Å². The Morgan fingerprint density at radius 3 is 2.62 bits per heavy atom. The van der Waals surface area contributed by atoms with Gasteiger partial charge in [0.15, 0.2) is 0 Å². The molecule has 0 heterocycles. The van der Waals surface area contributed by atoms with Gasteiger partial charge in [0.25, 0.3) is 0 Å². The van der Waals surface area contributed by atoms with Crippen molar-refractivity contribution in [2.45, 2.75) is 13.3 Å². The lowest BCUT2D eigenvalue weighted by molar-refractivity contribution is 1.31. The maximum absolute atomic E-state index is 3.78. The van der Waals surface area contributed by atoms with Crippen LogP contribution in [0.1, 0.15) is 13.3 Å². The van der Waals surface area contributed by atoms with Crippen LogP contribution in [-0.2, 0) is 0 Å². The van der Waals surface area contributed by atoms with Gasteiger partial charge < -0.3 is 0 Å². The van der Waals surface area contributed by atoms with Crippen LogP contribution in [0.2, 0.25) is 0 Å². The molecular formula is C8H12. The molecule has 0 aliphatic rings. The smallest absolute Gasteiger partial charge is 0.0106 e. The molecule has 0 amide bonds. The van der Waals surface area contributed by atoms with Crippen LogP contribution >= 0.6 is 0 Å². The maximum atomic E-state index is 3.78. The zero-order chi connectivity index (χ0) is 6.41. The molecule has 0 bridgehead atoms. The van der Waals surface area contributed by atoms with Gasteiger partial charge in [-0.3, -0.25) is 0 Å². The predicted octanol–water partition coefficient (Wildman–Crippen LogP) is 2.69. The molecule has 0 radical (unpaired) electrons. The minimum Gasteiger partial charge on any atom is -0.103 e. The monoisotopic (exact) mass is 108 g/mol. The highest BCUT2D eigenvalue weighted by molar-refractivity contribution is 5.15. The summed E-state index contributed by atoms with van der Waals surface area (Å²) in [6.07, 6.45) is 6.71. The number of hydrogen-bond acceptors (Lipinski definition) is 0. The quantitative estimate of drug-likeness (QED) is 0.385. The fourth-order valence-electron chi connectivity index (χ4n) is 0.489. The fourth-order valence-corrected chi connectivity index (χ4v) is 0.489. The van der Waals surface area contributed by atoms with E-state index in [9.17, 15) is 0 Å². The Hall–Kier alpha value is -0.780. The van der Waals surface area contributed by atoms with Crippen LogP contribution in [0.15, 0.2) is 37.0 Å². The summed E-state index contributed by atoms with van der Waals surface area (Å²) >= 11 is 0. The minimum atomic E-state index is 0.893. The summed E-state index contributed by atoms with van der Waals surface area (Å²) in [5.74, 6) is 0. The van der Waals surface area contributed by atoms with E-state index in [1.807, 2.05) is 25.2 Å². The van der Waals surface area contributed by atoms with Crippen molar-refractivity contribution in [3.8, 4) is 0 Å². The van der Waals surface area contributed by atoms with E-state index < -0.39 is 0 Å². The van der Waals surface area contributed by atoms with E-state index in [4.69, 9.17) is 0 Å². The summed E-state index contributed by atoms with van der Waals surface area (Å²) in [4.78, 5) is 0. The summed E-state index contributed by atoms with van der Waals surface area (Å²) in [6.45, 7) is 9.34. The van der Waals surface area contributed by atoms with E-state index >= 15 is 0 Å². The molecule has 8 heavy (non-hydrogen) atoms. The maximum Gasteiger partial charge on any atom is -0.0106 e. The average Bonchev–Trinajstić information content (AvgIpc) is 1.68. The van der Waals surface area contributed by atoms with Crippen LogP contribution in [0.3, 0.4) is 0 Å². The molecule has 0 aromatic rings. The second-order valence-electron chi connectivity index (χ2n) is 1.65. The van der Waals surface area contributed by atoms with Gasteiger partial charge in [0.05, 0.1) is 0 Å². The lowest BCUT2D eigenvalue weighted by atomic mass is 10.2. The lowest BCUT2D eigenvalue weighted by Crippen LogP contribution is -1.67. The predicted molar refractivity (Wildman–Crippen MR) is 38.8 cm³/mol. The van der Waals surface area contributed by atoms with E-state index in [-0.39, 0.29) is 0 Å². The van der Waals surface area contributed by atoms with Gasteiger partial charge in [-0.15, -0.1) is 6.58 Å². The number of hydrogen-bond donors (Lipinski definition) is 0. The number of rotatable bonds is 3. The molecule has 0 spiro atoms. The van der Waals surface area contributed by atoms with Crippen molar-refractivity contribution in [3.05, 3.63) is 37.0 Å². The van der Waals surface area contributed by atoms with Crippen molar-refractivity contribution in [1.29, 1.82) is 0 Å². The first-order valence-corrected chi connectivity index (χ1v) is 2.72. The molecule has 0 aliphatic heterocycles. The van der Waals surface area contributed by atoms with Crippen LogP contribution in [0, 0.1) is 0 Å². The first-order valence-electron chi connectivity index (χ1n) is 2.72. The van der Waals surface area contributed by atoms with Crippen LogP contribution < -0.4 is 0 Å². The Morgan fingerprint density at radius 2 is 2.25 bits per heavy atom. The summed E-state index contributed by atoms with van der Waals surface area (Å²) < 4.78 is 0. The molecule has 0 unspecified atom stereocenters. The van der Waals surface area contributed by atoms with E-state index in [2.05, 4.69) is 13.2 Å². The molecule has 0 saturated carbocycles. The summed E-state index contributed by atoms with van der Waals surface area (Å²) in [6, 6.07) is 0. The third-order valence-electron chi connectivity index (χ3n) is 0.809. The summed E-state index contributed by atoms with van der Waals surface area (Å²) in [5.41, 5.74) is 1.11. The third-order valence-corrected chi connectivity index (χ3v) is 0.809. The van der Waals surface area contributed by atoms with Gasteiger partial charge >= 0.3 is 0 Å². The van der Waals surface area contributed by atoms with Crippen molar-refractivity contribution < 1.29 is 0 Å². The molecule has 0 saturated heterocycles. The topological polar surface area (TPSA) is 0 Å². The second-order valence-corrected chi connectivity index (χ2v) is 1.65. The Balaban J connectivity index is 3.48. The normalized spacial score (nSPS) is 9.62. The first kappa shape index (κ1) is 7.22. The molecule has 0 fully saturated rings. The molecule has 0 nitrogen and oxygen atoms in total. The van der Waals surface area contributed by atoms with Gasteiger partial charge in [0.1, 0.15) is 0 Å². The van der Waals surface area contributed by atoms with Gasteiger partial charge in [0.2, 0.25) is 0 Å². The number of allylic oxidation sites excluding steroid dienone is 4.